The second-order valence-electron chi connectivity index (χ2n) is 33.9. The van der Waals surface area contributed by atoms with Crippen LogP contribution in [0.1, 0.15) is 135 Å². The number of para-hydroxylation sites is 1. The molecule has 22 unspecified atom stereocenters. The van der Waals surface area contributed by atoms with Gasteiger partial charge in [-0.15, -0.1) is 0 Å². The molecule has 4 saturated heterocycles. The van der Waals surface area contributed by atoms with Crippen molar-refractivity contribution in [1.82, 2.24) is 101 Å². The van der Waals surface area contributed by atoms with Crippen LogP contribution in [-0.4, -0.2) is 310 Å². The second-order valence-corrected chi connectivity index (χ2v) is 39.6. The van der Waals surface area contributed by atoms with E-state index in [-0.39, 0.29) is 25.7 Å². The molecule has 24 N–H and O–H groups in total. The summed E-state index contributed by atoms with van der Waals surface area (Å²) in [4.78, 5) is 296. The van der Waals surface area contributed by atoms with Gasteiger partial charge in [-0.05, 0) is 74.3 Å². The summed E-state index contributed by atoms with van der Waals surface area (Å²) in [7, 11) is -2.60. The number of aliphatic carboxylic acids is 2. The number of nitrogens with one attached hydrogen (secondary N) is 19. The number of rotatable bonds is 17. The number of aliphatic hydroxyl groups is 1. The Morgan fingerprint density at radius 2 is 1.00 bits per heavy atom. The number of benzene rings is 1. The fourth-order valence-electron chi connectivity index (χ4n) is 13.9. The highest BCUT2D eigenvalue weighted by Crippen LogP contribution is 2.25. The molecule has 129 heavy (non-hydrogen) atoms. The van der Waals surface area contributed by atoms with Crippen molar-refractivity contribution < 1.29 is 115 Å². The van der Waals surface area contributed by atoms with Gasteiger partial charge in [-0.1, -0.05) is 108 Å². The summed E-state index contributed by atoms with van der Waals surface area (Å²) in [6.07, 6.45) is -0.548. The zero-order valence-electron chi connectivity index (χ0n) is 74.3. The minimum absolute atomic E-state index is 0.0969. The van der Waals surface area contributed by atoms with Gasteiger partial charge in [-0.25, -0.2) is 4.79 Å². The van der Waals surface area contributed by atoms with E-state index in [0.717, 1.165) is 25.6 Å². The molecule has 48 heteroatoms. The SMILES string of the molecule is CCC(C)C1NC(=O)C2NC(=O)C(CC(C)C)NC(=O)C(NC(=O)C3CSCC(N)C(=O)NC(CO)C(=O)NCC(=O)NC(Cc4c[nH]c5ccccc45)C(=O)NC(C(C)C)C(=O)N3)C(C)SCC(NC(=O)C(CCC(=O)O)NC1=O)C(=O)NCC(=O)NC1C(=O)NC(CC(C)C)C(=O)NC(C(C)C)C(=O)NC(CSC2C)C(=O)NC(C)C(=O)NC(C(=O)O)CS(=O)C1C. The molecule has 4 aliphatic heterocycles. The first kappa shape index (κ1) is 107. The van der Waals surface area contributed by atoms with Crippen molar-refractivity contribution in [3.8, 4) is 0 Å². The Morgan fingerprint density at radius 3 is 1.59 bits per heavy atom. The highest BCUT2D eigenvalue weighted by molar-refractivity contribution is 8.00. The van der Waals surface area contributed by atoms with Crippen molar-refractivity contribution in [3.63, 3.8) is 0 Å². The number of nitrogens with two attached hydrogens (primary N) is 1. The van der Waals surface area contributed by atoms with Gasteiger partial charge >= 0.3 is 11.9 Å². The number of aromatic nitrogens is 1. The van der Waals surface area contributed by atoms with Gasteiger partial charge in [0, 0.05) is 74.3 Å². The van der Waals surface area contributed by atoms with E-state index in [1.54, 1.807) is 65.1 Å². The minimum Gasteiger partial charge on any atom is -0.481 e. The summed E-state index contributed by atoms with van der Waals surface area (Å²) in [5.41, 5.74) is 7.53. The van der Waals surface area contributed by atoms with Crippen LogP contribution in [0.25, 0.3) is 10.9 Å². The van der Waals surface area contributed by atoms with Crippen LogP contribution in [-0.2, 0) is 113 Å². The summed E-state index contributed by atoms with van der Waals surface area (Å²) >= 11 is 2.12. The molecule has 4 aliphatic rings. The standard InChI is InChI=1S/C81H124N20O24S4/c1-15-38(10)61-77(119)88-47(20-21-58(105)106)69(111)92-53-31-127-40(12)62(101-74(116)52-30-126-29-45(82)66(108)91-51(28-102)67(109)84-26-56(103)87-50(72(114)98-59(36(6)7)75(117)93-52)24-43-25-83-46-19-17-16-18-44(43)46)78(120)89-49(23-35(4)5)71(113)100-63(79(121)99-61)41(13)128-32-54-73(115)86-39(11)65(107)95-55(81(123)124)33-129(125)42(14)64(96-57(104)27-85-68(53)110)80(122)90-48(22-34(2)3)70(112)97-60(37(8)9)76(118)94-54/h16-19,25,34-42,45,47-55,59-64,83,102H,15,20-24,26-33,82H2,1-14H3,(H,84,109)(H,85,110)(H,86,115)(H,87,103)(H,88,119)(H,89,120)(H,90,122)(H,91,108)(H,92,111)(H,93,117)(H,94,118)(H,95,107)(H,96,104)(H,97,112)(H,98,114)(H,99,121)(H,100,113)(H,101,116)(H,105,106)(H,123,124). The van der Waals surface area contributed by atoms with Crippen LogP contribution < -0.4 is 101 Å². The Hall–Kier alpha value is -10.7. The first-order valence-corrected chi connectivity index (χ1v) is 47.2. The summed E-state index contributed by atoms with van der Waals surface area (Å²) in [6.45, 7) is 17.9. The zero-order valence-corrected chi connectivity index (χ0v) is 77.6. The lowest BCUT2D eigenvalue weighted by atomic mass is 9.96. The summed E-state index contributed by atoms with van der Waals surface area (Å²) in [6, 6.07) is -23.2. The maximum atomic E-state index is 15.9. The molecule has 4 fully saturated rings. The third-order valence-corrected chi connectivity index (χ3v) is 27.4. The van der Waals surface area contributed by atoms with Crippen LogP contribution in [0.15, 0.2) is 30.5 Å². The molecule has 1 aromatic heterocycles. The monoisotopic (exact) mass is 1890 g/mol. The third kappa shape index (κ3) is 32.1. The Morgan fingerprint density at radius 1 is 0.496 bits per heavy atom. The van der Waals surface area contributed by atoms with Gasteiger partial charge in [-0.3, -0.25) is 95.3 Å². The predicted octanol–water partition coefficient (Wildman–Crippen LogP) is -6.39. The van der Waals surface area contributed by atoms with Gasteiger partial charge in [0.05, 0.1) is 36.7 Å². The van der Waals surface area contributed by atoms with Gasteiger partial charge in [0.2, 0.25) is 106 Å². The van der Waals surface area contributed by atoms with Gasteiger partial charge < -0.3 is 122 Å². The first-order valence-electron chi connectivity index (χ1n) is 42.6. The van der Waals surface area contributed by atoms with Gasteiger partial charge in [0.15, 0.2) is 0 Å². The number of hydrogen-bond acceptors (Lipinski definition) is 26. The van der Waals surface area contributed by atoms with Crippen molar-refractivity contribution in [2.75, 3.05) is 48.5 Å². The van der Waals surface area contributed by atoms with Gasteiger partial charge in [0.1, 0.15) is 96.7 Å². The maximum Gasteiger partial charge on any atom is 0.327 e. The fourth-order valence-corrected chi connectivity index (χ4v) is 18.5. The van der Waals surface area contributed by atoms with Gasteiger partial charge in [-0.2, -0.15) is 35.3 Å². The number of fused-ring (bicyclic) bond motifs is 19. The van der Waals surface area contributed by atoms with Crippen molar-refractivity contribution in [3.05, 3.63) is 36.0 Å². The topological polar surface area (TPSA) is 678 Å². The molecular formula is C81H124N20O24S4. The van der Waals surface area contributed by atoms with E-state index >= 15 is 38.4 Å². The third-order valence-electron chi connectivity index (χ3n) is 21.8. The van der Waals surface area contributed by atoms with Crippen molar-refractivity contribution in [1.29, 1.82) is 0 Å². The molecule has 716 valence electrons. The van der Waals surface area contributed by atoms with E-state index in [1.807, 2.05) is 0 Å². The van der Waals surface area contributed by atoms with E-state index in [2.05, 4.69) is 101 Å². The number of amides is 18. The highest BCUT2D eigenvalue weighted by atomic mass is 32.2. The van der Waals surface area contributed by atoms with E-state index < -0.39 is 338 Å². The molecule has 44 nitrogen and oxygen atoms in total. The number of carboxylic acid groups (broad SMARTS) is 2. The quantitative estimate of drug-likeness (QED) is 0.0655. The number of carbonyl (C=O) groups excluding carboxylic acids is 18. The molecule has 0 aliphatic carbocycles. The summed E-state index contributed by atoms with van der Waals surface area (Å²) in [5, 5.41) is 72.4. The average Bonchev–Trinajstić information content (AvgIpc) is 1.71. The lowest BCUT2D eigenvalue weighted by molar-refractivity contribution is -0.141. The Kier molecular flexibility index (Phi) is 41.9. The summed E-state index contributed by atoms with van der Waals surface area (Å²) < 4.78 is 14.6. The lowest BCUT2D eigenvalue weighted by Crippen LogP contribution is -2.63. The molecule has 18 amide bonds. The molecule has 1 aromatic carbocycles. The Labute approximate surface area is 761 Å². The van der Waals surface area contributed by atoms with Crippen LogP contribution in [0.2, 0.25) is 0 Å². The smallest absolute Gasteiger partial charge is 0.327 e. The molecule has 0 saturated carbocycles. The minimum atomic E-state index is -2.60. The number of aromatic amines is 1. The van der Waals surface area contributed by atoms with Crippen LogP contribution in [0, 0.1) is 29.6 Å². The van der Waals surface area contributed by atoms with Crippen molar-refractivity contribution >= 4 is 175 Å². The van der Waals surface area contributed by atoms with Crippen LogP contribution in [0.4, 0.5) is 0 Å². The number of carboxylic acids is 2. The summed E-state index contributed by atoms with van der Waals surface area (Å²) in [5.74, 6) is -30.3. The molecule has 2 aromatic rings. The number of hydrogen-bond donors (Lipinski definition) is 23. The van der Waals surface area contributed by atoms with E-state index in [4.69, 9.17) is 5.73 Å². The second kappa shape index (κ2) is 50.5. The highest BCUT2D eigenvalue weighted by Gasteiger charge is 2.45. The van der Waals surface area contributed by atoms with Crippen molar-refractivity contribution in [2.24, 2.45) is 35.3 Å². The van der Waals surface area contributed by atoms with Crippen LogP contribution >= 0.6 is 35.3 Å². The van der Waals surface area contributed by atoms with E-state index in [9.17, 15) is 77.1 Å². The molecule has 0 spiro atoms. The maximum absolute atomic E-state index is 15.9. The zero-order chi connectivity index (χ0) is 96.3. The van der Waals surface area contributed by atoms with Crippen molar-refractivity contribution in [2.45, 2.75) is 254 Å². The average molecular weight is 1890 g/mol. The number of carbonyl (C=O) groups is 20. The lowest BCUT2D eigenvalue weighted by Gasteiger charge is -2.32. The fraction of sp³-hybridized carbons (Fsp3) is 0.654. The molecule has 5 heterocycles. The number of H-pyrrole nitrogens is 1. The number of thioether (sulfide) groups is 3. The molecule has 0 radical (unpaired) electrons. The molecule has 4 bridgehead atoms. The molecule has 6 rings (SSSR count). The van der Waals surface area contributed by atoms with Gasteiger partial charge in [0.25, 0.3) is 0 Å². The Bertz CT molecular complexity index is 4460. The number of aliphatic hydroxyl groups excluding tert-OH is 1. The van der Waals surface area contributed by atoms with E-state index in [1.165, 1.54) is 48.5 Å². The Balaban J connectivity index is 1.61. The van der Waals surface area contributed by atoms with Crippen LogP contribution in [0.5, 0.6) is 0 Å². The predicted molar refractivity (Wildman–Crippen MR) is 476 cm³/mol. The van der Waals surface area contributed by atoms with Crippen LogP contribution in [0.3, 0.4) is 0 Å². The molecule has 22 atom stereocenters. The first-order chi connectivity index (χ1) is 60.6. The molecular weight excluding hydrogens is 1770 g/mol. The normalized spacial score (nSPS) is 30.2. The van der Waals surface area contributed by atoms with E-state index in [0.29, 0.717) is 40.0 Å². The largest absolute Gasteiger partial charge is 0.481 e.